The topological polar surface area (TPSA) is 12.5 Å². The lowest BCUT2D eigenvalue weighted by Crippen LogP contribution is -2.32. The molecule has 0 saturated carbocycles. The predicted octanol–water partition coefficient (Wildman–Crippen LogP) is 3.55. The first-order valence-corrected chi connectivity index (χ1v) is 7.21. The van der Waals surface area contributed by atoms with Crippen LogP contribution >= 0.6 is 0 Å². The average Bonchev–Trinajstić information content (AvgIpc) is 2.45. The molecule has 2 rings (SSSR count). The summed E-state index contributed by atoms with van der Waals surface area (Å²) in [6, 6.07) is 9.05. The summed E-state index contributed by atoms with van der Waals surface area (Å²) in [7, 11) is 1.77. The van der Waals surface area contributed by atoms with Crippen LogP contribution < -0.4 is 0 Å². The molecule has 1 aromatic carbocycles. The van der Waals surface area contributed by atoms with Gasteiger partial charge in [-0.2, -0.15) is 0 Å². The third-order valence-corrected chi connectivity index (χ3v) is 3.79. The van der Waals surface area contributed by atoms with Gasteiger partial charge >= 0.3 is 0 Å². The lowest BCUT2D eigenvalue weighted by Gasteiger charge is -2.27. The fourth-order valence-corrected chi connectivity index (χ4v) is 2.51. The van der Waals surface area contributed by atoms with E-state index in [1.807, 2.05) is 0 Å². The normalized spacial score (nSPS) is 16.7. The third kappa shape index (κ3) is 3.92. The first kappa shape index (κ1) is 14.3. The molecule has 0 saturated heterocycles. The van der Waals surface area contributed by atoms with E-state index in [2.05, 4.69) is 49.1 Å². The van der Waals surface area contributed by atoms with Gasteiger partial charge in [-0.25, -0.2) is 0 Å². The molecule has 2 heteroatoms. The summed E-state index contributed by atoms with van der Waals surface area (Å²) in [4.78, 5) is 2.47. The van der Waals surface area contributed by atoms with Crippen molar-refractivity contribution < 1.29 is 4.74 Å². The second-order valence-electron chi connectivity index (χ2n) is 5.56. The van der Waals surface area contributed by atoms with Crippen LogP contribution in [0.5, 0.6) is 0 Å². The van der Waals surface area contributed by atoms with Gasteiger partial charge in [0.25, 0.3) is 0 Å². The van der Waals surface area contributed by atoms with E-state index in [1.165, 1.54) is 16.7 Å². The first-order chi connectivity index (χ1) is 9.20. The zero-order valence-corrected chi connectivity index (χ0v) is 12.4. The van der Waals surface area contributed by atoms with Gasteiger partial charge in [-0.15, -0.1) is 0 Å². The Labute approximate surface area is 117 Å². The van der Waals surface area contributed by atoms with Crippen LogP contribution in [0.15, 0.2) is 30.3 Å². The lowest BCUT2D eigenvalue weighted by atomic mass is 9.97. The molecule has 0 bridgehead atoms. The second-order valence-corrected chi connectivity index (χ2v) is 5.56. The van der Waals surface area contributed by atoms with E-state index in [0.29, 0.717) is 5.92 Å². The number of ether oxygens (including phenoxy) is 1. The molecule has 0 N–H and O–H groups in total. The summed E-state index contributed by atoms with van der Waals surface area (Å²) in [5.41, 5.74) is 4.24. The Kier molecular flexibility index (Phi) is 5.17. The maximum absolute atomic E-state index is 5.17. The van der Waals surface area contributed by atoms with Crippen molar-refractivity contribution >= 4 is 5.57 Å². The van der Waals surface area contributed by atoms with Crippen molar-refractivity contribution in [1.29, 1.82) is 0 Å². The van der Waals surface area contributed by atoms with Crippen molar-refractivity contribution in [1.82, 2.24) is 4.90 Å². The van der Waals surface area contributed by atoms with Gasteiger partial charge in [0.1, 0.15) is 0 Å². The largest absolute Gasteiger partial charge is 0.383 e. The molecule has 1 aliphatic rings. The van der Waals surface area contributed by atoms with Gasteiger partial charge < -0.3 is 4.74 Å². The van der Waals surface area contributed by atoms with Gasteiger partial charge in [0.05, 0.1) is 6.61 Å². The molecule has 0 unspecified atom stereocenters. The molecule has 1 aromatic rings. The second kappa shape index (κ2) is 6.88. The highest BCUT2D eigenvalue weighted by Crippen LogP contribution is 2.23. The fraction of sp³-hybridized carbons (Fsp3) is 0.529. The van der Waals surface area contributed by atoms with Crippen molar-refractivity contribution in [3.63, 3.8) is 0 Å². The van der Waals surface area contributed by atoms with E-state index in [4.69, 9.17) is 4.74 Å². The smallest absolute Gasteiger partial charge is 0.0589 e. The van der Waals surface area contributed by atoms with E-state index >= 15 is 0 Å². The Morgan fingerprint density at radius 3 is 2.58 bits per heavy atom. The van der Waals surface area contributed by atoms with Crippen molar-refractivity contribution in [2.45, 2.75) is 26.2 Å². The van der Waals surface area contributed by atoms with Gasteiger partial charge in [0, 0.05) is 26.7 Å². The molecular formula is C17H25NO. The molecule has 19 heavy (non-hydrogen) atoms. The van der Waals surface area contributed by atoms with Gasteiger partial charge in [0.15, 0.2) is 0 Å². The molecule has 0 atom stereocenters. The molecule has 0 spiro atoms. The number of benzene rings is 1. The third-order valence-electron chi connectivity index (χ3n) is 3.79. The van der Waals surface area contributed by atoms with Crippen molar-refractivity contribution in [2.75, 3.05) is 33.4 Å². The van der Waals surface area contributed by atoms with E-state index < -0.39 is 0 Å². The molecule has 0 aliphatic carbocycles. The Morgan fingerprint density at radius 2 is 1.95 bits per heavy atom. The lowest BCUT2D eigenvalue weighted by molar-refractivity contribution is 0.154. The number of hydrogen-bond acceptors (Lipinski definition) is 2. The van der Waals surface area contributed by atoms with Crippen molar-refractivity contribution in [3.8, 4) is 0 Å². The minimum atomic E-state index is 0.604. The summed E-state index contributed by atoms with van der Waals surface area (Å²) in [6.45, 7) is 8.52. The van der Waals surface area contributed by atoms with Gasteiger partial charge in [0.2, 0.25) is 0 Å². The molecule has 1 aliphatic heterocycles. The number of hydrogen-bond donors (Lipinski definition) is 0. The maximum Gasteiger partial charge on any atom is 0.0589 e. The van der Waals surface area contributed by atoms with Crippen molar-refractivity contribution in [2.24, 2.45) is 0 Å². The molecule has 0 radical (unpaired) electrons. The number of nitrogens with zero attached hydrogens (tertiary/aromatic N) is 1. The highest BCUT2D eigenvalue weighted by atomic mass is 16.5. The van der Waals surface area contributed by atoms with Gasteiger partial charge in [-0.1, -0.05) is 44.2 Å². The van der Waals surface area contributed by atoms with Crippen LogP contribution in [0.2, 0.25) is 0 Å². The molecule has 0 aromatic heterocycles. The number of methoxy groups -OCH3 is 1. The van der Waals surface area contributed by atoms with Crippen LogP contribution in [0, 0.1) is 0 Å². The standard InChI is InChI=1S/C17H25NO/c1-14(2)15-6-8-16(9-7-15)17-5-4-10-18(13-17)11-12-19-3/h5-9,14H,4,10-13H2,1-3H3. The van der Waals surface area contributed by atoms with E-state index in [9.17, 15) is 0 Å². The predicted molar refractivity (Wildman–Crippen MR) is 81.4 cm³/mol. The van der Waals surface area contributed by atoms with E-state index in [1.54, 1.807) is 7.11 Å². The van der Waals surface area contributed by atoms with Crippen LogP contribution in [-0.4, -0.2) is 38.3 Å². The minimum absolute atomic E-state index is 0.604. The van der Waals surface area contributed by atoms with Crippen LogP contribution in [-0.2, 0) is 4.74 Å². The molecule has 2 nitrogen and oxygen atoms in total. The summed E-state index contributed by atoms with van der Waals surface area (Å²) >= 11 is 0. The van der Waals surface area contributed by atoms with Crippen molar-refractivity contribution in [3.05, 3.63) is 41.5 Å². The SMILES string of the molecule is COCCN1CCC=C(c2ccc(C(C)C)cc2)C1. The molecule has 0 fully saturated rings. The summed E-state index contributed by atoms with van der Waals surface area (Å²) in [6.07, 6.45) is 3.53. The fourth-order valence-electron chi connectivity index (χ4n) is 2.51. The Bertz CT molecular complexity index is 419. The number of rotatable bonds is 5. The monoisotopic (exact) mass is 259 g/mol. The zero-order chi connectivity index (χ0) is 13.7. The molecule has 104 valence electrons. The van der Waals surface area contributed by atoms with E-state index in [-0.39, 0.29) is 0 Å². The average molecular weight is 259 g/mol. The first-order valence-electron chi connectivity index (χ1n) is 7.21. The van der Waals surface area contributed by atoms with Crippen LogP contribution in [0.3, 0.4) is 0 Å². The molecule has 0 amide bonds. The Balaban J connectivity index is 2.02. The zero-order valence-electron chi connectivity index (χ0n) is 12.4. The highest BCUT2D eigenvalue weighted by Gasteiger charge is 2.13. The summed E-state index contributed by atoms with van der Waals surface area (Å²) in [5.74, 6) is 0.604. The summed E-state index contributed by atoms with van der Waals surface area (Å²) in [5, 5.41) is 0. The summed E-state index contributed by atoms with van der Waals surface area (Å²) < 4.78 is 5.17. The quantitative estimate of drug-likeness (QED) is 0.802. The maximum atomic E-state index is 5.17. The highest BCUT2D eigenvalue weighted by molar-refractivity contribution is 5.67. The molecular weight excluding hydrogens is 234 g/mol. The molecule has 1 heterocycles. The van der Waals surface area contributed by atoms with Crippen LogP contribution in [0.4, 0.5) is 0 Å². The Morgan fingerprint density at radius 1 is 1.21 bits per heavy atom. The van der Waals surface area contributed by atoms with Crippen LogP contribution in [0.1, 0.15) is 37.3 Å². The van der Waals surface area contributed by atoms with E-state index in [0.717, 1.165) is 32.7 Å². The minimum Gasteiger partial charge on any atom is -0.383 e. The van der Waals surface area contributed by atoms with Gasteiger partial charge in [-0.3, -0.25) is 4.90 Å². The Hall–Kier alpha value is -1.12. The van der Waals surface area contributed by atoms with Crippen LogP contribution in [0.25, 0.3) is 5.57 Å². The van der Waals surface area contributed by atoms with Gasteiger partial charge in [-0.05, 0) is 29.0 Å².